The lowest BCUT2D eigenvalue weighted by Gasteiger charge is -2.13. The van der Waals surface area contributed by atoms with E-state index in [1.54, 1.807) is 38.3 Å². The minimum absolute atomic E-state index is 0.410. The van der Waals surface area contributed by atoms with Gasteiger partial charge in [0.2, 0.25) is 0 Å². The fourth-order valence-electron chi connectivity index (χ4n) is 2.44. The van der Waals surface area contributed by atoms with Crippen molar-refractivity contribution >= 4 is 5.57 Å². The zero-order chi connectivity index (χ0) is 21.0. The molecule has 0 bridgehead atoms. The Balaban J connectivity index is 0.00000326. The van der Waals surface area contributed by atoms with Crippen molar-refractivity contribution in [1.82, 2.24) is 5.32 Å². The SMILES string of the molecule is C=CC(=C\C(=C/C)c1cccc(C(F)(F)F)c1)/C(CC)=C(\C#N)NC.CC. The Morgan fingerprint density at radius 2 is 1.93 bits per heavy atom. The van der Waals surface area contributed by atoms with Gasteiger partial charge in [-0.15, -0.1) is 0 Å². The molecule has 0 radical (unpaired) electrons. The van der Waals surface area contributed by atoms with Crippen molar-refractivity contribution in [2.24, 2.45) is 0 Å². The van der Waals surface area contributed by atoms with E-state index in [4.69, 9.17) is 0 Å². The minimum Gasteiger partial charge on any atom is -0.379 e. The van der Waals surface area contributed by atoms with Crippen LogP contribution < -0.4 is 5.32 Å². The normalized spacial score (nSPS) is 13.0. The summed E-state index contributed by atoms with van der Waals surface area (Å²) in [6.07, 6.45) is 1.27. The smallest absolute Gasteiger partial charge is 0.379 e. The Hall–Kier alpha value is -2.74. The largest absolute Gasteiger partial charge is 0.416 e. The number of alkyl halides is 3. The second-order valence-corrected chi connectivity index (χ2v) is 5.20. The maximum atomic E-state index is 12.9. The fourth-order valence-corrected chi connectivity index (χ4v) is 2.44. The molecule has 0 heterocycles. The molecule has 0 aliphatic rings. The lowest BCUT2D eigenvalue weighted by Crippen LogP contribution is -2.08. The Morgan fingerprint density at radius 3 is 2.33 bits per heavy atom. The van der Waals surface area contributed by atoms with E-state index in [0.717, 1.165) is 17.7 Å². The zero-order valence-electron chi connectivity index (χ0n) is 16.5. The van der Waals surface area contributed by atoms with E-state index >= 15 is 0 Å². The highest BCUT2D eigenvalue weighted by Crippen LogP contribution is 2.32. The highest BCUT2D eigenvalue weighted by Gasteiger charge is 2.30. The molecular weight excluding hydrogens is 349 g/mol. The highest BCUT2D eigenvalue weighted by atomic mass is 19.4. The molecule has 0 unspecified atom stereocenters. The first-order valence-corrected chi connectivity index (χ1v) is 8.81. The predicted molar refractivity (Wildman–Crippen MR) is 107 cm³/mol. The number of nitrogens with zero attached hydrogens (tertiary/aromatic N) is 1. The molecule has 0 spiro atoms. The van der Waals surface area contributed by atoms with Gasteiger partial charge in [0.05, 0.1) is 5.56 Å². The molecule has 0 fully saturated rings. The van der Waals surface area contributed by atoms with E-state index < -0.39 is 11.7 Å². The summed E-state index contributed by atoms with van der Waals surface area (Å²) in [7, 11) is 1.65. The van der Waals surface area contributed by atoms with Gasteiger partial charge in [-0.2, -0.15) is 18.4 Å². The zero-order valence-corrected chi connectivity index (χ0v) is 16.5. The fraction of sp³-hybridized carbons (Fsp3) is 0.318. The number of allylic oxidation sites excluding steroid dienone is 7. The molecule has 0 amide bonds. The van der Waals surface area contributed by atoms with Crippen molar-refractivity contribution in [3.63, 3.8) is 0 Å². The molecule has 0 saturated carbocycles. The summed E-state index contributed by atoms with van der Waals surface area (Å²) in [6, 6.07) is 7.26. The van der Waals surface area contributed by atoms with Crippen molar-refractivity contribution in [2.45, 2.75) is 40.3 Å². The summed E-state index contributed by atoms with van der Waals surface area (Å²) in [5.74, 6) is 0. The maximum absolute atomic E-state index is 12.9. The van der Waals surface area contributed by atoms with Crippen LogP contribution in [0, 0.1) is 11.3 Å². The number of halogens is 3. The quantitative estimate of drug-likeness (QED) is 0.445. The van der Waals surface area contributed by atoms with E-state index in [1.807, 2.05) is 20.8 Å². The third-order valence-corrected chi connectivity index (χ3v) is 3.73. The number of nitriles is 1. The number of rotatable bonds is 6. The Morgan fingerprint density at radius 1 is 1.30 bits per heavy atom. The molecule has 2 nitrogen and oxygen atoms in total. The van der Waals surface area contributed by atoms with Crippen LogP contribution in [0.25, 0.3) is 5.57 Å². The van der Waals surface area contributed by atoms with Gasteiger partial charge in [-0.1, -0.05) is 51.6 Å². The Kier molecular flexibility index (Phi) is 10.6. The number of nitrogens with one attached hydrogen (secondary N) is 1. The molecule has 5 heteroatoms. The summed E-state index contributed by atoms with van der Waals surface area (Å²) in [4.78, 5) is 0. The van der Waals surface area contributed by atoms with E-state index in [2.05, 4.69) is 18.0 Å². The summed E-state index contributed by atoms with van der Waals surface area (Å²) in [5.41, 5.74) is 2.24. The first-order valence-electron chi connectivity index (χ1n) is 8.81. The van der Waals surface area contributed by atoms with E-state index in [0.29, 0.717) is 28.8 Å². The topological polar surface area (TPSA) is 35.8 Å². The van der Waals surface area contributed by atoms with Gasteiger partial charge in [-0.3, -0.25) is 0 Å². The van der Waals surface area contributed by atoms with Crippen LogP contribution in [0.4, 0.5) is 13.2 Å². The summed E-state index contributed by atoms with van der Waals surface area (Å²) >= 11 is 0. The first-order chi connectivity index (χ1) is 12.8. The van der Waals surface area contributed by atoms with Crippen LogP contribution in [0.15, 0.2) is 65.9 Å². The number of hydrogen-bond donors (Lipinski definition) is 1. The molecule has 27 heavy (non-hydrogen) atoms. The standard InChI is InChI=1S/C20H21F3N2.C2H6/c1-5-14(16-9-8-10-17(12-16)20(21,22)23)11-15(6-2)18(7-3)19(13-24)25-4;1-2/h5-6,8-12,25H,2,7H2,1,3-4H3;1-2H3/b14-5+,15-11+,19-18+;. The summed E-state index contributed by atoms with van der Waals surface area (Å²) in [6.45, 7) is 11.4. The van der Waals surface area contributed by atoms with Gasteiger partial charge in [-0.05, 0) is 53.8 Å². The van der Waals surface area contributed by atoms with Crippen LogP contribution in [0.2, 0.25) is 0 Å². The molecule has 0 aliphatic heterocycles. The lowest BCUT2D eigenvalue weighted by molar-refractivity contribution is -0.137. The average molecular weight is 376 g/mol. The second-order valence-electron chi connectivity index (χ2n) is 5.20. The third kappa shape index (κ3) is 6.82. The van der Waals surface area contributed by atoms with Crippen LogP contribution in [0.5, 0.6) is 0 Å². The van der Waals surface area contributed by atoms with Crippen LogP contribution in [0.1, 0.15) is 45.2 Å². The first kappa shape index (κ1) is 24.3. The molecule has 0 saturated heterocycles. The second kappa shape index (κ2) is 11.8. The predicted octanol–water partition coefficient (Wildman–Crippen LogP) is 6.65. The van der Waals surface area contributed by atoms with Gasteiger partial charge in [0, 0.05) is 7.05 Å². The van der Waals surface area contributed by atoms with Crippen molar-refractivity contribution < 1.29 is 13.2 Å². The molecular formula is C22H27F3N2. The third-order valence-electron chi connectivity index (χ3n) is 3.73. The molecule has 1 aromatic carbocycles. The van der Waals surface area contributed by atoms with Crippen molar-refractivity contribution in [2.75, 3.05) is 7.05 Å². The monoisotopic (exact) mass is 376 g/mol. The van der Waals surface area contributed by atoms with Gasteiger partial charge < -0.3 is 5.32 Å². The average Bonchev–Trinajstić information content (AvgIpc) is 2.68. The highest BCUT2D eigenvalue weighted by molar-refractivity contribution is 5.76. The molecule has 1 aromatic rings. The molecule has 146 valence electrons. The van der Waals surface area contributed by atoms with E-state index in [9.17, 15) is 18.4 Å². The minimum atomic E-state index is -4.39. The molecule has 0 aliphatic carbocycles. The Labute approximate surface area is 160 Å². The molecule has 0 aromatic heterocycles. The van der Waals surface area contributed by atoms with Gasteiger partial charge in [-0.25, -0.2) is 0 Å². The van der Waals surface area contributed by atoms with Crippen LogP contribution in [0.3, 0.4) is 0 Å². The van der Waals surface area contributed by atoms with Crippen molar-refractivity contribution in [3.8, 4) is 6.07 Å². The van der Waals surface area contributed by atoms with Gasteiger partial charge >= 0.3 is 6.18 Å². The van der Waals surface area contributed by atoms with E-state index in [1.165, 1.54) is 6.07 Å². The lowest BCUT2D eigenvalue weighted by atomic mass is 9.95. The Bertz CT molecular complexity index is 760. The maximum Gasteiger partial charge on any atom is 0.416 e. The van der Waals surface area contributed by atoms with Crippen molar-refractivity contribution in [1.29, 1.82) is 5.26 Å². The molecule has 1 N–H and O–H groups in total. The number of benzene rings is 1. The van der Waals surface area contributed by atoms with Crippen LogP contribution >= 0.6 is 0 Å². The van der Waals surface area contributed by atoms with Gasteiger partial charge in [0.1, 0.15) is 11.8 Å². The van der Waals surface area contributed by atoms with Gasteiger partial charge in [0.25, 0.3) is 0 Å². The van der Waals surface area contributed by atoms with Crippen molar-refractivity contribution in [3.05, 3.63) is 77.0 Å². The van der Waals surface area contributed by atoms with E-state index in [-0.39, 0.29) is 0 Å². The van der Waals surface area contributed by atoms with Gasteiger partial charge in [0.15, 0.2) is 0 Å². The van der Waals surface area contributed by atoms with Crippen LogP contribution in [-0.2, 0) is 6.18 Å². The molecule has 1 rings (SSSR count). The molecule has 0 atom stereocenters. The number of hydrogen-bond acceptors (Lipinski definition) is 2. The summed E-state index contributed by atoms with van der Waals surface area (Å²) in [5, 5.41) is 12.1. The summed E-state index contributed by atoms with van der Waals surface area (Å²) < 4.78 is 38.8. The van der Waals surface area contributed by atoms with Crippen LogP contribution in [-0.4, -0.2) is 7.05 Å².